The van der Waals surface area contributed by atoms with Gasteiger partial charge in [0.05, 0.1) is 16.6 Å². The monoisotopic (exact) mass is 453 g/mol. The van der Waals surface area contributed by atoms with Crippen LogP contribution in [-0.4, -0.2) is 21.4 Å². The first-order chi connectivity index (χ1) is 14.7. The van der Waals surface area contributed by atoms with Crippen LogP contribution in [0.25, 0.3) is 11.8 Å². The molecule has 31 heavy (non-hydrogen) atoms. The number of hydrogen-bond donors (Lipinski definition) is 1. The molecule has 0 spiro atoms. The van der Waals surface area contributed by atoms with Crippen LogP contribution in [0.5, 0.6) is 0 Å². The predicted molar refractivity (Wildman–Crippen MR) is 124 cm³/mol. The van der Waals surface area contributed by atoms with E-state index in [0.717, 1.165) is 33.8 Å². The Morgan fingerprint density at radius 1 is 0.968 bits per heavy atom. The molecule has 0 radical (unpaired) electrons. The number of benzene rings is 2. The molecule has 0 saturated carbocycles. The Balaban J connectivity index is 1.64. The summed E-state index contributed by atoms with van der Waals surface area (Å²) < 4.78 is 2.03. The van der Waals surface area contributed by atoms with E-state index in [1.807, 2.05) is 61.7 Å². The van der Waals surface area contributed by atoms with E-state index in [9.17, 15) is 9.59 Å². The Morgan fingerprint density at radius 2 is 1.74 bits per heavy atom. The van der Waals surface area contributed by atoms with Crippen molar-refractivity contribution in [3.05, 3.63) is 92.4 Å². The molecule has 1 fully saturated rings. The molecule has 1 aromatic heterocycles. The number of rotatable bonds is 4. The molecule has 0 aliphatic carbocycles. The molecule has 5 nitrogen and oxygen atoms in total. The summed E-state index contributed by atoms with van der Waals surface area (Å²) in [6, 6.07) is 14.7. The summed E-state index contributed by atoms with van der Waals surface area (Å²) >= 11 is 12.2. The molecule has 1 aliphatic heterocycles. The molecule has 1 aliphatic rings. The van der Waals surface area contributed by atoms with Crippen molar-refractivity contribution in [1.29, 1.82) is 0 Å². The van der Waals surface area contributed by atoms with E-state index in [4.69, 9.17) is 23.2 Å². The van der Waals surface area contributed by atoms with Gasteiger partial charge in [-0.05, 0) is 62.2 Å². The number of aryl methyl sites for hydroxylation is 2. The zero-order chi connectivity index (χ0) is 22.3. The molecule has 7 heteroatoms. The number of nitrogens with zero attached hydrogens (tertiary/aromatic N) is 2. The Hall–Kier alpha value is -3.02. The smallest absolute Gasteiger partial charge is 0.318 e. The summed E-state index contributed by atoms with van der Waals surface area (Å²) in [6.45, 7) is 6.13. The first-order valence-electron chi connectivity index (χ1n) is 9.79. The molecule has 0 unspecified atom stereocenters. The van der Waals surface area contributed by atoms with E-state index >= 15 is 0 Å². The first kappa shape index (κ1) is 21.2. The second kappa shape index (κ2) is 8.25. The predicted octanol–water partition coefficient (Wildman–Crippen LogP) is 5.80. The van der Waals surface area contributed by atoms with Crippen molar-refractivity contribution < 1.29 is 9.59 Å². The van der Waals surface area contributed by atoms with Crippen LogP contribution in [-0.2, 0) is 11.3 Å². The summed E-state index contributed by atoms with van der Waals surface area (Å²) in [7, 11) is 0. The second-order valence-electron chi connectivity index (χ2n) is 7.63. The van der Waals surface area contributed by atoms with Crippen LogP contribution >= 0.6 is 23.2 Å². The molecule has 0 atom stereocenters. The maximum atomic E-state index is 12.9. The van der Waals surface area contributed by atoms with Gasteiger partial charge < -0.3 is 9.88 Å². The van der Waals surface area contributed by atoms with Gasteiger partial charge in [0.15, 0.2) is 0 Å². The number of aromatic nitrogens is 1. The molecule has 2 heterocycles. The highest BCUT2D eigenvalue weighted by Crippen LogP contribution is 2.29. The minimum absolute atomic E-state index is 0.228. The topological polar surface area (TPSA) is 54.3 Å². The van der Waals surface area contributed by atoms with Gasteiger partial charge in [0, 0.05) is 17.1 Å². The third kappa shape index (κ3) is 4.11. The van der Waals surface area contributed by atoms with Crippen molar-refractivity contribution in [3.63, 3.8) is 0 Å². The Bertz CT molecular complexity index is 1240. The number of hydrogen-bond acceptors (Lipinski definition) is 2. The molecular formula is C24H21Cl2N3O2. The van der Waals surface area contributed by atoms with Crippen LogP contribution in [0, 0.1) is 20.8 Å². The molecule has 3 aromatic rings. The molecule has 1 N–H and O–H groups in total. The van der Waals surface area contributed by atoms with Crippen molar-refractivity contribution in [2.24, 2.45) is 0 Å². The fourth-order valence-electron chi connectivity index (χ4n) is 3.82. The molecule has 2 aromatic carbocycles. The van der Waals surface area contributed by atoms with E-state index < -0.39 is 6.03 Å². The Kier molecular flexibility index (Phi) is 5.65. The SMILES string of the molecule is Cc1cccc(CN2C(=O)N/C(=C\c3cc(C)n(-c4ccc(Cl)c(Cl)c4)c3C)C2=O)c1. The number of carbonyl (C=O) groups is 2. The van der Waals surface area contributed by atoms with E-state index in [0.29, 0.717) is 10.0 Å². The van der Waals surface area contributed by atoms with Gasteiger partial charge in [0.25, 0.3) is 5.91 Å². The number of carbonyl (C=O) groups excluding carboxylic acids is 2. The van der Waals surface area contributed by atoms with Crippen LogP contribution in [0.3, 0.4) is 0 Å². The lowest BCUT2D eigenvalue weighted by Crippen LogP contribution is -2.30. The number of amides is 3. The standard InChI is InChI=1S/C24H21Cl2N3O2/c1-14-5-4-6-17(9-14)13-28-23(30)22(27-24(28)31)11-18-10-15(2)29(16(18)3)19-7-8-20(25)21(26)12-19/h4-12H,13H2,1-3H3,(H,27,31)/b22-11-. The minimum atomic E-state index is -0.420. The number of urea groups is 1. The maximum absolute atomic E-state index is 12.9. The molecule has 0 bridgehead atoms. The van der Waals surface area contributed by atoms with Gasteiger partial charge >= 0.3 is 6.03 Å². The lowest BCUT2D eigenvalue weighted by Gasteiger charge is -2.12. The quantitative estimate of drug-likeness (QED) is 0.400. The summed E-state index contributed by atoms with van der Waals surface area (Å²) in [6.07, 6.45) is 1.72. The lowest BCUT2D eigenvalue weighted by molar-refractivity contribution is -0.123. The summed E-state index contributed by atoms with van der Waals surface area (Å²) in [4.78, 5) is 26.6. The van der Waals surface area contributed by atoms with Crippen molar-refractivity contribution in [3.8, 4) is 5.69 Å². The number of imide groups is 1. The average Bonchev–Trinajstić information content (AvgIpc) is 3.14. The van der Waals surface area contributed by atoms with Crippen molar-refractivity contribution in [1.82, 2.24) is 14.8 Å². The fraction of sp³-hybridized carbons (Fsp3) is 0.167. The number of nitrogens with one attached hydrogen (secondary N) is 1. The van der Waals surface area contributed by atoms with E-state index in [2.05, 4.69) is 5.32 Å². The van der Waals surface area contributed by atoms with Crippen LogP contribution in [0.2, 0.25) is 10.0 Å². The van der Waals surface area contributed by atoms with Crippen molar-refractivity contribution in [2.45, 2.75) is 27.3 Å². The molecular weight excluding hydrogens is 433 g/mol. The molecule has 4 rings (SSSR count). The summed E-state index contributed by atoms with van der Waals surface area (Å²) in [5.74, 6) is -0.342. The summed E-state index contributed by atoms with van der Waals surface area (Å²) in [5.41, 5.74) is 5.84. The van der Waals surface area contributed by atoms with Gasteiger partial charge in [-0.2, -0.15) is 0 Å². The van der Waals surface area contributed by atoms with Gasteiger partial charge in [-0.1, -0.05) is 53.0 Å². The minimum Gasteiger partial charge on any atom is -0.318 e. The molecule has 158 valence electrons. The van der Waals surface area contributed by atoms with Crippen LogP contribution < -0.4 is 5.32 Å². The van der Waals surface area contributed by atoms with E-state index in [1.54, 1.807) is 18.2 Å². The van der Waals surface area contributed by atoms with Gasteiger partial charge in [0.1, 0.15) is 5.70 Å². The van der Waals surface area contributed by atoms with Crippen LogP contribution in [0.1, 0.15) is 28.1 Å². The first-order valence-corrected chi connectivity index (χ1v) is 10.5. The molecule has 1 saturated heterocycles. The number of halogens is 2. The van der Waals surface area contributed by atoms with Gasteiger partial charge in [0.2, 0.25) is 0 Å². The average molecular weight is 454 g/mol. The van der Waals surface area contributed by atoms with Gasteiger partial charge in [-0.3, -0.25) is 9.69 Å². The van der Waals surface area contributed by atoms with E-state index in [-0.39, 0.29) is 18.1 Å². The van der Waals surface area contributed by atoms with E-state index in [1.165, 1.54) is 4.90 Å². The largest absolute Gasteiger partial charge is 0.329 e. The van der Waals surface area contributed by atoms with Gasteiger partial charge in [-0.25, -0.2) is 4.79 Å². The Morgan fingerprint density at radius 3 is 2.45 bits per heavy atom. The highest BCUT2D eigenvalue weighted by atomic mass is 35.5. The fourth-order valence-corrected chi connectivity index (χ4v) is 4.11. The lowest BCUT2D eigenvalue weighted by atomic mass is 10.1. The zero-order valence-electron chi connectivity index (χ0n) is 17.4. The Labute approximate surface area is 190 Å². The van der Waals surface area contributed by atoms with Crippen LogP contribution in [0.15, 0.2) is 54.2 Å². The third-order valence-electron chi connectivity index (χ3n) is 5.32. The third-order valence-corrected chi connectivity index (χ3v) is 6.06. The van der Waals surface area contributed by atoms with Gasteiger partial charge in [-0.15, -0.1) is 0 Å². The van der Waals surface area contributed by atoms with Crippen LogP contribution in [0.4, 0.5) is 4.79 Å². The highest BCUT2D eigenvalue weighted by Gasteiger charge is 2.33. The summed E-state index contributed by atoms with van der Waals surface area (Å²) in [5, 5.41) is 3.66. The normalized spacial score (nSPS) is 15.1. The second-order valence-corrected chi connectivity index (χ2v) is 8.44. The highest BCUT2D eigenvalue weighted by molar-refractivity contribution is 6.42. The van der Waals surface area contributed by atoms with Crippen molar-refractivity contribution in [2.75, 3.05) is 0 Å². The zero-order valence-corrected chi connectivity index (χ0v) is 18.9. The maximum Gasteiger partial charge on any atom is 0.329 e. The molecule has 3 amide bonds. The van der Waals surface area contributed by atoms with Crippen molar-refractivity contribution >= 4 is 41.2 Å².